The van der Waals surface area contributed by atoms with Crippen LogP contribution in [-0.2, 0) is 0 Å². The molecule has 18 heavy (non-hydrogen) atoms. The monoisotopic (exact) mass is 248 g/mol. The van der Waals surface area contributed by atoms with E-state index in [-0.39, 0.29) is 5.78 Å². The van der Waals surface area contributed by atoms with Crippen molar-refractivity contribution in [1.82, 2.24) is 0 Å². The van der Waals surface area contributed by atoms with E-state index in [1.807, 2.05) is 18.2 Å². The molecule has 0 unspecified atom stereocenters. The summed E-state index contributed by atoms with van der Waals surface area (Å²) < 4.78 is 10.5. The van der Waals surface area contributed by atoms with E-state index in [1.165, 1.54) is 25.7 Å². The molecule has 0 heterocycles. The summed E-state index contributed by atoms with van der Waals surface area (Å²) in [6.45, 7) is 0. The number of para-hydroxylation sites is 1. The van der Waals surface area contributed by atoms with E-state index >= 15 is 0 Å². The fourth-order valence-corrected chi connectivity index (χ4v) is 2.69. The predicted octanol–water partition coefficient (Wildman–Crippen LogP) is 3.47. The van der Waals surface area contributed by atoms with Gasteiger partial charge in [0.25, 0.3) is 0 Å². The van der Waals surface area contributed by atoms with Gasteiger partial charge in [0.2, 0.25) is 0 Å². The molecule has 0 radical (unpaired) electrons. The highest BCUT2D eigenvalue weighted by Gasteiger charge is 2.22. The lowest BCUT2D eigenvalue weighted by Gasteiger charge is -2.13. The number of ether oxygens (including phenoxy) is 2. The van der Waals surface area contributed by atoms with E-state index in [0.29, 0.717) is 29.4 Å². The summed E-state index contributed by atoms with van der Waals surface area (Å²) in [7, 11) is 3.16. The van der Waals surface area contributed by atoms with Crippen LogP contribution in [0.4, 0.5) is 0 Å². The molecule has 0 amide bonds. The smallest absolute Gasteiger partial charge is 0.171 e. The molecule has 1 aromatic carbocycles. The average molecular weight is 248 g/mol. The van der Waals surface area contributed by atoms with Crippen LogP contribution in [0.15, 0.2) is 18.2 Å². The fraction of sp³-hybridized carbons (Fsp3) is 0.533. The number of hydrogen-bond donors (Lipinski definition) is 0. The second-order valence-electron chi connectivity index (χ2n) is 4.82. The minimum Gasteiger partial charge on any atom is -0.493 e. The Hall–Kier alpha value is -1.51. The lowest BCUT2D eigenvalue weighted by atomic mass is 9.96. The molecule has 98 valence electrons. The lowest BCUT2D eigenvalue weighted by molar-refractivity contribution is 0.0958. The van der Waals surface area contributed by atoms with Gasteiger partial charge < -0.3 is 9.47 Å². The van der Waals surface area contributed by atoms with Crippen LogP contribution >= 0.6 is 0 Å². The molecule has 0 aliphatic heterocycles. The van der Waals surface area contributed by atoms with Gasteiger partial charge in [0, 0.05) is 6.42 Å². The molecule has 1 aliphatic rings. The molecule has 0 spiro atoms. The van der Waals surface area contributed by atoms with Crippen LogP contribution in [0.25, 0.3) is 0 Å². The Balaban J connectivity index is 2.18. The summed E-state index contributed by atoms with van der Waals surface area (Å²) in [4.78, 5) is 12.3. The Labute approximate surface area is 108 Å². The first kappa shape index (κ1) is 12.9. The van der Waals surface area contributed by atoms with E-state index in [2.05, 4.69) is 0 Å². The molecule has 0 atom stereocenters. The number of methoxy groups -OCH3 is 2. The van der Waals surface area contributed by atoms with Gasteiger partial charge >= 0.3 is 0 Å². The summed E-state index contributed by atoms with van der Waals surface area (Å²) in [6.07, 6.45) is 5.50. The van der Waals surface area contributed by atoms with Crippen LogP contribution in [0.1, 0.15) is 42.5 Å². The Bertz CT molecular complexity index is 420. The summed E-state index contributed by atoms with van der Waals surface area (Å²) in [5.74, 6) is 1.89. The SMILES string of the molecule is COc1cccc(C(=O)CC2CCCC2)c1OC. The molecule has 0 bridgehead atoms. The number of rotatable bonds is 5. The highest BCUT2D eigenvalue weighted by molar-refractivity contribution is 5.99. The van der Waals surface area contributed by atoms with Gasteiger partial charge in [-0.15, -0.1) is 0 Å². The highest BCUT2D eigenvalue weighted by Crippen LogP contribution is 2.34. The van der Waals surface area contributed by atoms with Crippen LogP contribution < -0.4 is 9.47 Å². The first-order valence-corrected chi connectivity index (χ1v) is 6.50. The van der Waals surface area contributed by atoms with Crippen molar-refractivity contribution in [1.29, 1.82) is 0 Å². The number of carbonyl (C=O) groups is 1. The van der Waals surface area contributed by atoms with Gasteiger partial charge in [-0.1, -0.05) is 31.7 Å². The van der Waals surface area contributed by atoms with E-state index in [0.717, 1.165) is 0 Å². The molecule has 0 saturated heterocycles. The van der Waals surface area contributed by atoms with Crippen LogP contribution in [0, 0.1) is 5.92 Å². The van der Waals surface area contributed by atoms with Crippen LogP contribution in [0.5, 0.6) is 11.5 Å². The van der Waals surface area contributed by atoms with Crippen molar-refractivity contribution in [2.75, 3.05) is 14.2 Å². The molecule has 1 saturated carbocycles. The lowest BCUT2D eigenvalue weighted by Crippen LogP contribution is -2.08. The molecule has 2 rings (SSSR count). The van der Waals surface area contributed by atoms with E-state index in [4.69, 9.17) is 9.47 Å². The zero-order valence-corrected chi connectivity index (χ0v) is 11.1. The first-order chi connectivity index (χ1) is 8.76. The molecular weight excluding hydrogens is 228 g/mol. The van der Waals surface area contributed by atoms with Crippen LogP contribution in [0.3, 0.4) is 0 Å². The first-order valence-electron chi connectivity index (χ1n) is 6.50. The van der Waals surface area contributed by atoms with Crippen LogP contribution in [-0.4, -0.2) is 20.0 Å². The van der Waals surface area contributed by atoms with Crippen molar-refractivity contribution in [2.24, 2.45) is 5.92 Å². The molecule has 1 aromatic rings. The van der Waals surface area contributed by atoms with Gasteiger partial charge in [-0.05, 0) is 18.1 Å². The molecular formula is C15H20O3. The number of hydrogen-bond acceptors (Lipinski definition) is 3. The summed E-state index contributed by atoms with van der Waals surface area (Å²) in [5, 5.41) is 0. The van der Waals surface area contributed by atoms with E-state index in [9.17, 15) is 4.79 Å². The largest absolute Gasteiger partial charge is 0.493 e. The summed E-state index contributed by atoms with van der Waals surface area (Å²) >= 11 is 0. The second kappa shape index (κ2) is 5.89. The topological polar surface area (TPSA) is 35.5 Å². The third kappa shape index (κ3) is 2.66. The molecule has 1 fully saturated rings. The number of ketones is 1. The number of Topliss-reactive ketones (excluding diaryl/α,β-unsaturated/α-hetero) is 1. The van der Waals surface area contributed by atoms with Gasteiger partial charge in [0.05, 0.1) is 19.8 Å². The molecule has 1 aliphatic carbocycles. The van der Waals surface area contributed by atoms with Gasteiger partial charge in [-0.3, -0.25) is 4.79 Å². The molecule has 0 aromatic heterocycles. The third-order valence-corrected chi connectivity index (χ3v) is 3.65. The predicted molar refractivity (Wildman–Crippen MR) is 70.5 cm³/mol. The van der Waals surface area contributed by atoms with E-state index < -0.39 is 0 Å². The zero-order chi connectivity index (χ0) is 13.0. The van der Waals surface area contributed by atoms with Crippen molar-refractivity contribution in [3.05, 3.63) is 23.8 Å². The van der Waals surface area contributed by atoms with Crippen molar-refractivity contribution < 1.29 is 14.3 Å². The van der Waals surface area contributed by atoms with Gasteiger partial charge in [-0.2, -0.15) is 0 Å². The Morgan fingerprint density at radius 1 is 1.22 bits per heavy atom. The van der Waals surface area contributed by atoms with Gasteiger partial charge in [0.15, 0.2) is 17.3 Å². The quantitative estimate of drug-likeness (QED) is 0.748. The Morgan fingerprint density at radius 2 is 1.94 bits per heavy atom. The Morgan fingerprint density at radius 3 is 2.56 bits per heavy atom. The van der Waals surface area contributed by atoms with Crippen molar-refractivity contribution >= 4 is 5.78 Å². The summed E-state index contributed by atoms with van der Waals surface area (Å²) in [6, 6.07) is 5.47. The van der Waals surface area contributed by atoms with E-state index in [1.54, 1.807) is 14.2 Å². The maximum Gasteiger partial charge on any atom is 0.171 e. The molecule has 0 N–H and O–H groups in total. The number of carbonyl (C=O) groups excluding carboxylic acids is 1. The van der Waals surface area contributed by atoms with Crippen LogP contribution in [0.2, 0.25) is 0 Å². The van der Waals surface area contributed by atoms with Crippen molar-refractivity contribution in [3.63, 3.8) is 0 Å². The maximum atomic E-state index is 12.3. The average Bonchev–Trinajstić information content (AvgIpc) is 2.90. The fourth-order valence-electron chi connectivity index (χ4n) is 2.69. The zero-order valence-electron chi connectivity index (χ0n) is 11.1. The second-order valence-corrected chi connectivity index (χ2v) is 4.82. The maximum absolute atomic E-state index is 12.3. The third-order valence-electron chi connectivity index (χ3n) is 3.65. The van der Waals surface area contributed by atoms with Gasteiger partial charge in [-0.25, -0.2) is 0 Å². The van der Waals surface area contributed by atoms with Gasteiger partial charge in [0.1, 0.15) is 0 Å². The number of benzene rings is 1. The Kier molecular flexibility index (Phi) is 4.24. The molecule has 3 nitrogen and oxygen atoms in total. The van der Waals surface area contributed by atoms with Crippen molar-refractivity contribution in [3.8, 4) is 11.5 Å². The minimum atomic E-state index is 0.164. The molecule has 3 heteroatoms. The standard InChI is InChI=1S/C15H20O3/c1-17-14-9-5-8-12(15(14)18-2)13(16)10-11-6-3-4-7-11/h5,8-9,11H,3-4,6-7,10H2,1-2H3. The van der Waals surface area contributed by atoms with Crippen molar-refractivity contribution in [2.45, 2.75) is 32.1 Å². The summed E-state index contributed by atoms with van der Waals surface area (Å²) in [5.41, 5.74) is 0.642. The highest BCUT2D eigenvalue weighted by atomic mass is 16.5. The normalized spacial score (nSPS) is 15.7. The minimum absolute atomic E-state index is 0.164.